The van der Waals surface area contributed by atoms with Crippen molar-refractivity contribution in [3.05, 3.63) is 47.7 Å². The molecule has 0 atom stereocenters. The first-order valence-electron chi connectivity index (χ1n) is 6.75. The number of aromatic nitrogens is 1. The van der Waals surface area contributed by atoms with Crippen LogP contribution < -0.4 is 10.6 Å². The summed E-state index contributed by atoms with van der Waals surface area (Å²) in [4.78, 5) is 23.3. The van der Waals surface area contributed by atoms with Crippen molar-refractivity contribution in [3.8, 4) is 0 Å². The number of carbonyl (C=O) groups excluding carboxylic acids is 2. The third kappa shape index (κ3) is 5.61. The Hall–Kier alpha value is -2.28. The molecule has 2 aromatic rings. The highest BCUT2D eigenvalue weighted by atomic mass is 32.2. The molecule has 116 valence electrons. The lowest BCUT2D eigenvalue weighted by molar-refractivity contribution is -0.118. The van der Waals surface area contributed by atoms with Crippen LogP contribution in [-0.2, 0) is 16.1 Å². The Morgan fingerprint density at radius 1 is 1.18 bits per heavy atom. The Bertz CT molecular complexity index is 628. The second-order valence-electron chi connectivity index (χ2n) is 4.63. The Morgan fingerprint density at radius 2 is 1.91 bits per heavy atom. The summed E-state index contributed by atoms with van der Waals surface area (Å²) in [5, 5.41) is 9.07. The number of hydrogen-bond donors (Lipinski definition) is 2. The summed E-state index contributed by atoms with van der Waals surface area (Å²) in [5.74, 6) is 1.12. The molecule has 0 aliphatic heterocycles. The largest absolute Gasteiger partial charge is 0.360 e. The number of thioether (sulfide) groups is 1. The molecule has 0 spiro atoms. The molecule has 0 unspecified atom stereocenters. The fourth-order valence-corrected chi connectivity index (χ4v) is 2.34. The second kappa shape index (κ2) is 8.23. The van der Waals surface area contributed by atoms with Crippen LogP contribution in [0.15, 0.2) is 40.9 Å². The molecule has 0 fully saturated rings. The van der Waals surface area contributed by atoms with Gasteiger partial charge in [0.2, 0.25) is 11.8 Å². The van der Waals surface area contributed by atoms with Gasteiger partial charge in [0, 0.05) is 12.6 Å². The molecule has 0 saturated carbocycles. The average molecular weight is 319 g/mol. The number of carbonyl (C=O) groups is 2. The maximum absolute atomic E-state index is 11.7. The predicted molar refractivity (Wildman–Crippen MR) is 85.5 cm³/mol. The van der Waals surface area contributed by atoms with Crippen molar-refractivity contribution in [3.63, 3.8) is 0 Å². The van der Waals surface area contributed by atoms with Gasteiger partial charge in [-0.1, -0.05) is 35.5 Å². The molecule has 2 N–H and O–H groups in total. The van der Waals surface area contributed by atoms with Gasteiger partial charge in [0.1, 0.15) is 5.76 Å². The van der Waals surface area contributed by atoms with Crippen molar-refractivity contribution in [2.75, 3.05) is 16.8 Å². The van der Waals surface area contributed by atoms with Crippen molar-refractivity contribution in [2.45, 2.75) is 13.5 Å². The minimum absolute atomic E-state index is 0.0982. The number of benzene rings is 1. The van der Waals surface area contributed by atoms with Crippen LogP contribution in [0.25, 0.3) is 0 Å². The number of anilines is 1. The van der Waals surface area contributed by atoms with Gasteiger partial charge in [-0.2, -0.15) is 0 Å². The molecule has 7 heteroatoms. The molecular weight excluding hydrogens is 302 g/mol. The first kappa shape index (κ1) is 16.1. The van der Waals surface area contributed by atoms with E-state index in [2.05, 4.69) is 15.8 Å². The lowest BCUT2D eigenvalue weighted by atomic mass is 10.2. The van der Waals surface area contributed by atoms with Gasteiger partial charge in [-0.05, 0) is 12.5 Å². The molecular formula is C15H17N3O3S. The van der Waals surface area contributed by atoms with E-state index >= 15 is 0 Å². The van der Waals surface area contributed by atoms with Crippen LogP contribution in [0.2, 0.25) is 0 Å². The number of nitrogens with zero attached hydrogens (tertiary/aromatic N) is 1. The lowest BCUT2D eigenvalue weighted by Crippen LogP contribution is -2.25. The molecule has 2 rings (SSSR count). The van der Waals surface area contributed by atoms with Crippen molar-refractivity contribution >= 4 is 29.4 Å². The molecule has 0 bridgehead atoms. The molecule has 0 saturated heterocycles. The highest BCUT2D eigenvalue weighted by Gasteiger charge is 2.08. The minimum atomic E-state index is -0.214. The Morgan fingerprint density at radius 3 is 2.59 bits per heavy atom. The smallest absolute Gasteiger partial charge is 0.235 e. The van der Waals surface area contributed by atoms with Crippen molar-refractivity contribution < 1.29 is 14.1 Å². The summed E-state index contributed by atoms with van der Waals surface area (Å²) >= 11 is 1.25. The monoisotopic (exact) mass is 319 g/mol. The quantitative estimate of drug-likeness (QED) is 0.815. The van der Waals surface area contributed by atoms with Crippen LogP contribution in [0.4, 0.5) is 5.82 Å². The van der Waals surface area contributed by atoms with Crippen molar-refractivity contribution in [2.24, 2.45) is 0 Å². The molecule has 0 aliphatic rings. The van der Waals surface area contributed by atoms with Gasteiger partial charge in [0.05, 0.1) is 11.5 Å². The molecule has 0 aliphatic carbocycles. The highest BCUT2D eigenvalue weighted by Crippen LogP contribution is 2.08. The van der Waals surface area contributed by atoms with Gasteiger partial charge in [-0.3, -0.25) is 9.59 Å². The zero-order chi connectivity index (χ0) is 15.8. The number of aryl methyl sites for hydroxylation is 1. The molecule has 1 aromatic carbocycles. The third-order valence-electron chi connectivity index (χ3n) is 2.69. The van der Waals surface area contributed by atoms with Crippen LogP contribution in [0.3, 0.4) is 0 Å². The molecule has 1 aromatic heterocycles. The van der Waals surface area contributed by atoms with Gasteiger partial charge in [0.25, 0.3) is 0 Å². The van der Waals surface area contributed by atoms with Crippen LogP contribution >= 0.6 is 11.8 Å². The SMILES string of the molecule is Cc1cc(NC(=O)CSCC(=O)NCc2ccccc2)no1. The van der Waals surface area contributed by atoms with E-state index in [1.165, 1.54) is 11.8 Å². The summed E-state index contributed by atoms with van der Waals surface area (Å²) in [6.45, 7) is 2.24. The van der Waals surface area contributed by atoms with E-state index in [-0.39, 0.29) is 23.3 Å². The van der Waals surface area contributed by atoms with Crippen LogP contribution in [0.5, 0.6) is 0 Å². The maximum atomic E-state index is 11.7. The van der Waals surface area contributed by atoms with Gasteiger partial charge in [-0.15, -0.1) is 11.8 Å². The summed E-state index contributed by atoms with van der Waals surface area (Å²) in [6.07, 6.45) is 0. The van der Waals surface area contributed by atoms with E-state index in [0.29, 0.717) is 18.1 Å². The summed E-state index contributed by atoms with van der Waals surface area (Å²) < 4.78 is 4.85. The second-order valence-corrected chi connectivity index (χ2v) is 5.61. The minimum Gasteiger partial charge on any atom is -0.360 e. The highest BCUT2D eigenvalue weighted by molar-refractivity contribution is 8.00. The molecule has 6 nitrogen and oxygen atoms in total. The third-order valence-corrected chi connectivity index (χ3v) is 3.63. The van der Waals surface area contributed by atoms with Crippen molar-refractivity contribution in [1.29, 1.82) is 0 Å². The van der Waals surface area contributed by atoms with E-state index in [1.807, 2.05) is 30.3 Å². The molecule has 0 radical (unpaired) electrons. The fraction of sp³-hybridized carbons (Fsp3) is 0.267. The van der Waals surface area contributed by atoms with Crippen LogP contribution in [0, 0.1) is 6.92 Å². The summed E-state index contributed by atoms with van der Waals surface area (Å²) in [5.41, 5.74) is 1.04. The molecule has 1 heterocycles. The maximum Gasteiger partial charge on any atom is 0.235 e. The van der Waals surface area contributed by atoms with Crippen molar-refractivity contribution in [1.82, 2.24) is 10.5 Å². The lowest BCUT2D eigenvalue weighted by Gasteiger charge is -2.05. The molecule has 22 heavy (non-hydrogen) atoms. The van der Waals surface area contributed by atoms with E-state index in [4.69, 9.17) is 4.52 Å². The Kier molecular flexibility index (Phi) is 6.02. The van der Waals surface area contributed by atoms with Gasteiger partial charge in [0.15, 0.2) is 5.82 Å². The summed E-state index contributed by atoms with van der Waals surface area (Å²) in [6, 6.07) is 11.3. The zero-order valence-electron chi connectivity index (χ0n) is 12.2. The summed E-state index contributed by atoms with van der Waals surface area (Å²) in [7, 11) is 0. The van der Waals surface area contributed by atoms with Gasteiger partial charge >= 0.3 is 0 Å². The molecule has 2 amide bonds. The first-order valence-corrected chi connectivity index (χ1v) is 7.90. The van der Waals surface area contributed by atoms with E-state index in [0.717, 1.165) is 5.56 Å². The zero-order valence-corrected chi connectivity index (χ0v) is 13.0. The Labute approximate surface area is 132 Å². The van der Waals surface area contributed by atoms with E-state index in [9.17, 15) is 9.59 Å². The number of amides is 2. The number of hydrogen-bond acceptors (Lipinski definition) is 5. The standard InChI is InChI=1S/C15H17N3O3S/c1-11-7-13(18-21-11)17-15(20)10-22-9-14(19)16-8-12-5-3-2-4-6-12/h2-7H,8-10H2,1H3,(H,16,19)(H,17,18,20). The fourth-order valence-electron chi connectivity index (χ4n) is 1.69. The van der Waals surface area contributed by atoms with Gasteiger partial charge in [-0.25, -0.2) is 0 Å². The van der Waals surface area contributed by atoms with E-state index in [1.54, 1.807) is 13.0 Å². The van der Waals surface area contributed by atoms with Crippen LogP contribution in [0.1, 0.15) is 11.3 Å². The normalized spacial score (nSPS) is 10.2. The predicted octanol–water partition coefficient (Wildman–Crippen LogP) is 1.97. The Balaban J connectivity index is 1.61. The first-order chi connectivity index (χ1) is 10.6. The topological polar surface area (TPSA) is 84.2 Å². The number of nitrogens with one attached hydrogen (secondary N) is 2. The average Bonchev–Trinajstić information content (AvgIpc) is 2.91. The van der Waals surface area contributed by atoms with Crippen LogP contribution in [-0.4, -0.2) is 28.5 Å². The number of rotatable bonds is 7. The van der Waals surface area contributed by atoms with E-state index < -0.39 is 0 Å². The van der Waals surface area contributed by atoms with Gasteiger partial charge < -0.3 is 15.2 Å².